The Balaban J connectivity index is 1.39. The van der Waals surface area contributed by atoms with Gasteiger partial charge in [0.05, 0.1) is 16.1 Å². The summed E-state index contributed by atoms with van der Waals surface area (Å²) in [5.74, 6) is -0.0178. The topological polar surface area (TPSA) is 79.4 Å². The van der Waals surface area contributed by atoms with Crippen molar-refractivity contribution in [2.45, 2.75) is 24.7 Å². The Kier molecular flexibility index (Phi) is 6.95. The molecule has 1 N–H and O–H groups in total. The van der Waals surface area contributed by atoms with Crippen LogP contribution in [0.2, 0.25) is 5.02 Å². The lowest BCUT2D eigenvalue weighted by molar-refractivity contribution is 0.0681. The van der Waals surface area contributed by atoms with Gasteiger partial charge in [0.2, 0.25) is 10.0 Å². The monoisotopic (exact) mass is 489 g/mol. The maximum absolute atomic E-state index is 13.1. The van der Waals surface area contributed by atoms with Crippen LogP contribution in [0.4, 0.5) is 0 Å². The van der Waals surface area contributed by atoms with E-state index in [-0.39, 0.29) is 16.7 Å². The first-order valence-corrected chi connectivity index (χ1v) is 13.1. The minimum absolute atomic E-state index is 0.0592. The highest BCUT2D eigenvalue weighted by molar-refractivity contribution is 7.89. The Hall–Kier alpha value is -2.26. The van der Waals surface area contributed by atoms with Crippen LogP contribution in [0, 0.1) is 12.8 Å². The average Bonchev–Trinajstić information content (AvgIpc) is 3.28. The molecule has 1 aliphatic rings. The van der Waals surface area contributed by atoms with E-state index in [0.29, 0.717) is 34.5 Å². The normalized spacial score (nSPS) is 16.8. The molecule has 32 heavy (non-hydrogen) atoms. The first-order chi connectivity index (χ1) is 15.3. The molecule has 1 unspecified atom stereocenters. The maximum Gasteiger partial charge on any atom is 0.265 e. The number of hydrogen-bond acceptors (Lipinski definition) is 5. The molecule has 4 rings (SSSR count). The van der Waals surface area contributed by atoms with Crippen molar-refractivity contribution in [2.75, 3.05) is 19.6 Å². The number of amides is 1. The molecule has 2 heterocycles. The predicted molar refractivity (Wildman–Crippen MR) is 128 cm³/mol. The summed E-state index contributed by atoms with van der Waals surface area (Å²) in [6.07, 6.45) is 3.29. The largest absolute Gasteiger partial charge is 0.338 e. The Morgan fingerprint density at radius 2 is 1.97 bits per heavy atom. The van der Waals surface area contributed by atoms with E-state index in [9.17, 15) is 13.2 Å². The van der Waals surface area contributed by atoms with Crippen molar-refractivity contribution in [1.82, 2.24) is 14.6 Å². The van der Waals surface area contributed by atoms with Crippen molar-refractivity contribution in [3.63, 3.8) is 0 Å². The first kappa shape index (κ1) is 22.9. The van der Waals surface area contributed by atoms with Crippen molar-refractivity contribution in [1.29, 1.82) is 0 Å². The second kappa shape index (κ2) is 9.70. The number of aromatic nitrogens is 1. The van der Waals surface area contributed by atoms with E-state index in [1.807, 2.05) is 25.1 Å². The molecule has 1 saturated heterocycles. The number of benzene rings is 2. The van der Waals surface area contributed by atoms with E-state index >= 15 is 0 Å². The number of rotatable bonds is 6. The van der Waals surface area contributed by atoms with Crippen LogP contribution in [0.5, 0.6) is 0 Å². The van der Waals surface area contributed by atoms with Gasteiger partial charge < -0.3 is 4.90 Å². The molecular formula is C23H24ClN3O3S2. The van der Waals surface area contributed by atoms with Gasteiger partial charge in [-0.25, -0.2) is 18.1 Å². The number of piperidine rings is 1. The third kappa shape index (κ3) is 5.20. The van der Waals surface area contributed by atoms with Crippen molar-refractivity contribution in [2.24, 2.45) is 5.92 Å². The molecule has 0 bridgehead atoms. The number of hydrogen-bond donors (Lipinski definition) is 1. The standard InChI is InChI=1S/C23H24ClN3O3S2/c1-16-8-10-18(11-9-16)32(29,30)26-13-17-5-4-12-27(15-17)23(28)21-14-25-22(31-21)19-6-2-3-7-20(19)24/h2-3,6-11,14,17,26H,4-5,12-13,15H2,1H3. The van der Waals surface area contributed by atoms with Gasteiger partial charge in [0.15, 0.2) is 0 Å². The number of carbonyl (C=O) groups is 1. The van der Waals surface area contributed by atoms with Crippen LogP contribution in [-0.4, -0.2) is 43.8 Å². The molecule has 3 aromatic rings. The van der Waals surface area contributed by atoms with Crippen LogP contribution in [0.25, 0.3) is 10.6 Å². The van der Waals surface area contributed by atoms with Gasteiger partial charge in [0, 0.05) is 25.2 Å². The summed E-state index contributed by atoms with van der Waals surface area (Å²) in [5.41, 5.74) is 1.81. The summed E-state index contributed by atoms with van der Waals surface area (Å²) < 4.78 is 27.9. The molecule has 0 radical (unpaired) electrons. The summed E-state index contributed by atoms with van der Waals surface area (Å²) in [6.45, 7) is 3.37. The first-order valence-electron chi connectivity index (χ1n) is 10.4. The van der Waals surface area contributed by atoms with Gasteiger partial charge in [-0.15, -0.1) is 11.3 Å². The number of aryl methyl sites for hydroxylation is 1. The minimum Gasteiger partial charge on any atom is -0.338 e. The molecule has 1 atom stereocenters. The number of sulfonamides is 1. The van der Waals surface area contributed by atoms with Crippen molar-refractivity contribution >= 4 is 38.9 Å². The number of nitrogens with zero attached hydrogens (tertiary/aromatic N) is 2. The zero-order valence-corrected chi connectivity index (χ0v) is 20.0. The van der Waals surface area contributed by atoms with Gasteiger partial charge in [-0.1, -0.05) is 47.5 Å². The number of halogens is 1. The highest BCUT2D eigenvalue weighted by Crippen LogP contribution is 2.32. The number of carbonyl (C=O) groups excluding carboxylic acids is 1. The zero-order valence-electron chi connectivity index (χ0n) is 17.6. The van der Waals surface area contributed by atoms with Gasteiger partial charge in [0.1, 0.15) is 9.88 Å². The molecule has 1 fully saturated rings. The lowest BCUT2D eigenvalue weighted by atomic mass is 9.98. The number of nitrogens with one attached hydrogen (secondary N) is 1. The lowest BCUT2D eigenvalue weighted by Gasteiger charge is -2.32. The molecule has 0 aliphatic carbocycles. The third-order valence-electron chi connectivity index (χ3n) is 5.52. The second-order valence-corrected chi connectivity index (χ2v) is 11.1. The predicted octanol–water partition coefficient (Wildman–Crippen LogP) is 4.60. The molecule has 9 heteroatoms. The Morgan fingerprint density at radius 3 is 2.72 bits per heavy atom. The third-order valence-corrected chi connectivity index (χ3v) is 8.31. The average molecular weight is 490 g/mol. The van der Waals surface area contributed by atoms with Crippen molar-refractivity contribution in [3.05, 3.63) is 70.2 Å². The van der Waals surface area contributed by atoms with Gasteiger partial charge in [-0.05, 0) is 43.9 Å². The van der Waals surface area contributed by atoms with Gasteiger partial charge in [-0.2, -0.15) is 0 Å². The Labute approximate surface area is 197 Å². The molecule has 1 aliphatic heterocycles. The molecule has 0 spiro atoms. The fourth-order valence-corrected chi connectivity index (χ4v) is 6.05. The minimum atomic E-state index is -3.57. The van der Waals surface area contributed by atoms with Crippen LogP contribution in [0.15, 0.2) is 59.6 Å². The van der Waals surface area contributed by atoms with E-state index in [4.69, 9.17) is 11.6 Å². The highest BCUT2D eigenvalue weighted by Gasteiger charge is 2.27. The number of likely N-dealkylation sites (tertiary alicyclic amines) is 1. The van der Waals surface area contributed by atoms with Crippen LogP contribution < -0.4 is 4.72 Å². The van der Waals surface area contributed by atoms with E-state index in [1.165, 1.54) is 11.3 Å². The molecule has 6 nitrogen and oxygen atoms in total. The van der Waals surface area contributed by atoms with Gasteiger partial charge >= 0.3 is 0 Å². The summed E-state index contributed by atoms with van der Waals surface area (Å²) in [5, 5.41) is 1.30. The molecule has 168 valence electrons. The van der Waals surface area contributed by atoms with Gasteiger partial charge in [0.25, 0.3) is 5.91 Å². The van der Waals surface area contributed by atoms with E-state index in [0.717, 1.165) is 24.0 Å². The Bertz CT molecular complexity index is 1210. The lowest BCUT2D eigenvalue weighted by Crippen LogP contribution is -2.43. The summed E-state index contributed by atoms with van der Waals surface area (Å²) in [6, 6.07) is 14.2. The fourth-order valence-electron chi connectivity index (χ4n) is 3.73. The van der Waals surface area contributed by atoms with E-state index < -0.39 is 10.0 Å². The van der Waals surface area contributed by atoms with Crippen molar-refractivity contribution in [3.8, 4) is 10.6 Å². The quantitative estimate of drug-likeness (QED) is 0.548. The Morgan fingerprint density at radius 1 is 1.22 bits per heavy atom. The summed E-state index contributed by atoms with van der Waals surface area (Å²) in [4.78, 5) is 20.0. The van der Waals surface area contributed by atoms with Crippen LogP contribution in [0.3, 0.4) is 0 Å². The molecule has 0 saturated carbocycles. The SMILES string of the molecule is Cc1ccc(S(=O)(=O)NCC2CCCN(C(=O)c3cnc(-c4ccccc4Cl)s3)C2)cc1. The zero-order chi connectivity index (χ0) is 22.7. The van der Waals surface area contributed by atoms with E-state index in [2.05, 4.69) is 9.71 Å². The molecule has 1 aromatic heterocycles. The summed E-state index contributed by atoms with van der Waals surface area (Å²) >= 11 is 7.58. The molecule has 1 amide bonds. The van der Waals surface area contributed by atoms with Crippen molar-refractivity contribution < 1.29 is 13.2 Å². The number of thiazole rings is 1. The maximum atomic E-state index is 13.1. The van der Waals surface area contributed by atoms with E-state index in [1.54, 1.807) is 41.4 Å². The van der Waals surface area contributed by atoms with Gasteiger partial charge in [-0.3, -0.25) is 4.79 Å². The summed E-state index contributed by atoms with van der Waals surface area (Å²) in [7, 11) is -3.57. The molecular weight excluding hydrogens is 466 g/mol. The van der Waals surface area contributed by atoms with Crippen LogP contribution in [-0.2, 0) is 10.0 Å². The molecule has 2 aromatic carbocycles. The second-order valence-electron chi connectivity index (χ2n) is 7.93. The highest BCUT2D eigenvalue weighted by atomic mass is 35.5. The van der Waals surface area contributed by atoms with Crippen LogP contribution in [0.1, 0.15) is 28.1 Å². The fraction of sp³-hybridized carbons (Fsp3) is 0.304. The smallest absolute Gasteiger partial charge is 0.265 e. The van der Waals surface area contributed by atoms with Crippen LogP contribution >= 0.6 is 22.9 Å².